The van der Waals surface area contributed by atoms with E-state index in [1.807, 2.05) is 42.5 Å². The van der Waals surface area contributed by atoms with Gasteiger partial charge >= 0.3 is 0 Å². The molecule has 0 saturated carbocycles. The van der Waals surface area contributed by atoms with E-state index in [9.17, 15) is 4.79 Å². The molecule has 0 radical (unpaired) electrons. The lowest BCUT2D eigenvalue weighted by molar-refractivity contribution is -0.124. The monoisotopic (exact) mass is 298 g/mol. The van der Waals surface area contributed by atoms with Gasteiger partial charge in [0.2, 0.25) is 0 Å². The van der Waals surface area contributed by atoms with Gasteiger partial charge in [-0.15, -0.1) is 0 Å². The fraction of sp³-hybridized carbons (Fsp3) is 0.389. The van der Waals surface area contributed by atoms with Crippen LogP contribution in [0.2, 0.25) is 0 Å². The number of hydrogen-bond donors (Lipinski definition) is 2. The molecule has 2 unspecified atom stereocenters. The smallest absolute Gasteiger partial charge is 0.258 e. The molecule has 22 heavy (non-hydrogen) atoms. The molecule has 1 heterocycles. The van der Waals surface area contributed by atoms with Crippen molar-refractivity contribution in [2.45, 2.75) is 31.8 Å². The van der Waals surface area contributed by atoms with Crippen molar-refractivity contribution in [2.24, 2.45) is 0 Å². The van der Waals surface area contributed by atoms with Gasteiger partial charge in [-0.1, -0.05) is 36.4 Å². The molecule has 0 spiro atoms. The first-order valence-corrected chi connectivity index (χ1v) is 7.87. The lowest BCUT2D eigenvalue weighted by Crippen LogP contribution is -2.52. The van der Waals surface area contributed by atoms with Crippen LogP contribution < -0.4 is 15.4 Å². The van der Waals surface area contributed by atoms with Crippen LogP contribution in [0.5, 0.6) is 5.75 Å². The predicted octanol–water partition coefficient (Wildman–Crippen LogP) is 2.48. The van der Waals surface area contributed by atoms with E-state index in [1.165, 1.54) is 0 Å². The number of fused-ring (bicyclic) bond motifs is 1. The van der Waals surface area contributed by atoms with Crippen molar-refractivity contribution < 1.29 is 9.53 Å². The number of amides is 1. The quantitative estimate of drug-likeness (QED) is 0.911. The zero-order valence-electron chi connectivity index (χ0n) is 12.8. The molecule has 0 bridgehead atoms. The van der Waals surface area contributed by atoms with Crippen molar-refractivity contribution in [1.82, 2.24) is 10.6 Å². The molecule has 116 valence electrons. The standard InChI is InChI=1S/C18H22N2O2/c1-13-16(9-5-11-19-13)20-18(21)12-22-17-10-4-7-14-6-2-3-8-15(14)17/h2-4,6-8,10,13,16,19H,5,9,11-12H2,1H3,(H,20,21). The molecule has 2 aromatic rings. The summed E-state index contributed by atoms with van der Waals surface area (Å²) < 4.78 is 5.73. The fourth-order valence-electron chi connectivity index (χ4n) is 2.95. The number of ether oxygens (including phenoxy) is 1. The minimum atomic E-state index is -0.0616. The first-order chi connectivity index (χ1) is 10.7. The maximum absolute atomic E-state index is 12.1. The Kier molecular flexibility index (Phi) is 4.59. The van der Waals surface area contributed by atoms with E-state index in [0.29, 0.717) is 6.04 Å². The number of hydrogen-bond acceptors (Lipinski definition) is 3. The first kappa shape index (κ1) is 14.9. The van der Waals surface area contributed by atoms with Gasteiger partial charge in [0.25, 0.3) is 5.91 Å². The van der Waals surface area contributed by atoms with Gasteiger partial charge in [-0.05, 0) is 37.8 Å². The summed E-state index contributed by atoms with van der Waals surface area (Å²) in [5, 5.41) is 8.59. The van der Waals surface area contributed by atoms with E-state index in [1.54, 1.807) is 0 Å². The third kappa shape index (κ3) is 3.39. The van der Waals surface area contributed by atoms with E-state index in [0.717, 1.165) is 35.9 Å². The van der Waals surface area contributed by atoms with Gasteiger partial charge in [-0.2, -0.15) is 0 Å². The normalized spacial score (nSPS) is 21.5. The Labute approximate surface area is 130 Å². The molecule has 2 aromatic carbocycles. The number of carbonyl (C=O) groups is 1. The van der Waals surface area contributed by atoms with Crippen molar-refractivity contribution in [3.05, 3.63) is 42.5 Å². The van der Waals surface area contributed by atoms with Gasteiger partial charge in [0.05, 0.1) is 0 Å². The molecule has 1 aliphatic rings. The van der Waals surface area contributed by atoms with Crippen LogP contribution in [0.3, 0.4) is 0 Å². The van der Waals surface area contributed by atoms with Crippen molar-refractivity contribution in [1.29, 1.82) is 0 Å². The number of rotatable bonds is 4. The minimum Gasteiger partial charge on any atom is -0.483 e. The van der Waals surface area contributed by atoms with Gasteiger partial charge in [-0.25, -0.2) is 0 Å². The lowest BCUT2D eigenvalue weighted by Gasteiger charge is -2.30. The second-order valence-corrected chi connectivity index (χ2v) is 5.82. The Morgan fingerprint density at radius 2 is 2.09 bits per heavy atom. The fourth-order valence-corrected chi connectivity index (χ4v) is 2.95. The average molecular weight is 298 g/mol. The summed E-state index contributed by atoms with van der Waals surface area (Å²) in [4.78, 5) is 12.1. The zero-order chi connectivity index (χ0) is 15.4. The van der Waals surface area contributed by atoms with Crippen molar-refractivity contribution in [3.63, 3.8) is 0 Å². The maximum atomic E-state index is 12.1. The van der Waals surface area contributed by atoms with Gasteiger partial charge in [0.1, 0.15) is 5.75 Å². The van der Waals surface area contributed by atoms with Gasteiger partial charge < -0.3 is 15.4 Å². The molecule has 1 amide bonds. The van der Waals surface area contributed by atoms with Crippen LogP contribution in [0.25, 0.3) is 10.8 Å². The number of benzene rings is 2. The Bertz CT molecular complexity index is 651. The number of carbonyl (C=O) groups excluding carboxylic acids is 1. The van der Waals surface area contributed by atoms with E-state index >= 15 is 0 Å². The maximum Gasteiger partial charge on any atom is 0.258 e. The van der Waals surface area contributed by atoms with Gasteiger partial charge in [0, 0.05) is 17.5 Å². The first-order valence-electron chi connectivity index (χ1n) is 7.87. The van der Waals surface area contributed by atoms with Crippen LogP contribution in [0.1, 0.15) is 19.8 Å². The molecule has 4 nitrogen and oxygen atoms in total. The molecule has 2 atom stereocenters. The SMILES string of the molecule is CC1NCCCC1NC(=O)COc1cccc2ccccc12. The summed E-state index contributed by atoms with van der Waals surface area (Å²) in [5.41, 5.74) is 0. The summed E-state index contributed by atoms with van der Waals surface area (Å²) in [6.07, 6.45) is 2.12. The zero-order valence-corrected chi connectivity index (χ0v) is 12.8. The summed E-state index contributed by atoms with van der Waals surface area (Å²) in [6, 6.07) is 14.4. The highest BCUT2D eigenvalue weighted by molar-refractivity contribution is 5.88. The van der Waals surface area contributed by atoms with Crippen molar-refractivity contribution in [3.8, 4) is 5.75 Å². The lowest BCUT2D eigenvalue weighted by atomic mass is 10.00. The number of nitrogens with one attached hydrogen (secondary N) is 2. The Hall–Kier alpha value is -2.07. The van der Waals surface area contributed by atoms with Crippen molar-refractivity contribution >= 4 is 16.7 Å². The molecular weight excluding hydrogens is 276 g/mol. The predicted molar refractivity (Wildman–Crippen MR) is 88.1 cm³/mol. The number of piperidine rings is 1. The van der Waals surface area contributed by atoms with E-state index < -0.39 is 0 Å². The average Bonchev–Trinajstić information content (AvgIpc) is 2.55. The van der Waals surface area contributed by atoms with Crippen LogP contribution in [0, 0.1) is 0 Å². The third-order valence-corrected chi connectivity index (χ3v) is 4.22. The highest BCUT2D eigenvalue weighted by Crippen LogP contribution is 2.24. The Balaban J connectivity index is 1.60. The molecule has 0 aliphatic carbocycles. The molecule has 2 N–H and O–H groups in total. The Morgan fingerprint density at radius 3 is 2.95 bits per heavy atom. The van der Waals surface area contributed by atoms with Crippen LogP contribution in [-0.4, -0.2) is 31.1 Å². The van der Waals surface area contributed by atoms with Crippen molar-refractivity contribution in [2.75, 3.05) is 13.2 Å². The van der Waals surface area contributed by atoms with E-state index in [2.05, 4.69) is 17.6 Å². The van der Waals surface area contributed by atoms with Crippen LogP contribution in [-0.2, 0) is 4.79 Å². The topological polar surface area (TPSA) is 50.4 Å². The third-order valence-electron chi connectivity index (χ3n) is 4.22. The van der Waals surface area contributed by atoms with Crippen LogP contribution >= 0.6 is 0 Å². The van der Waals surface area contributed by atoms with E-state index in [-0.39, 0.29) is 18.6 Å². The van der Waals surface area contributed by atoms with Crippen LogP contribution in [0.15, 0.2) is 42.5 Å². The van der Waals surface area contributed by atoms with Crippen LogP contribution in [0.4, 0.5) is 0 Å². The second kappa shape index (κ2) is 6.79. The highest BCUT2D eigenvalue weighted by atomic mass is 16.5. The highest BCUT2D eigenvalue weighted by Gasteiger charge is 2.22. The van der Waals surface area contributed by atoms with Gasteiger partial charge in [-0.3, -0.25) is 4.79 Å². The summed E-state index contributed by atoms with van der Waals surface area (Å²) in [6.45, 7) is 3.19. The molecule has 1 fully saturated rings. The Morgan fingerprint density at radius 1 is 1.27 bits per heavy atom. The molecule has 0 aromatic heterocycles. The molecular formula is C18H22N2O2. The largest absolute Gasteiger partial charge is 0.483 e. The summed E-state index contributed by atoms with van der Waals surface area (Å²) in [5.74, 6) is 0.691. The molecule has 3 rings (SSSR count). The summed E-state index contributed by atoms with van der Waals surface area (Å²) >= 11 is 0. The second-order valence-electron chi connectivity index (χ2n) is 5.82. The van der Waals surface area contributed by atoms with E-state index in [4.69, 9.17) is 4.74 Å². The minimum absolute atomic E-state index is 0.0528. The molecule has 4 heteroatoms. The summed E-state index contributed by atoms with van der Waals surface area (Å²) in [7, 11) is 0. The molecule has 1 aliphatic heterocycles. The van der Waals surface area contributed by atoms with Gasteiger partial charge in [0.15, 0.2) is 6.61 Å². The molecule has 1 saturated heterocycles.